The van der Waals surface area contributed by atoms with Gasteiger partial charge >= 0.3 is 0 Å². The van der Waals surface area contributed by atoms with Crippen molar-refractivity contribution in [2.75, 3.05) is 6.54 Å². The molecule has 2 aromatic rings. The van der Waals surface area contributed by atoms with E-state index in [1.54, 1.807) is 6.92 Å². The normalized spacial score (nSPS) is 12.6. The summed E-state index contributed by atoms with van der Waals surface area (Å²) >= 11 is 0. The SMILES string of the molecule is CC(O)CNC(=O)c1n[nH]c2ccc(F)cc12. The van der Waals surface area contributed by atoms with Gasteiger partial charge in [-0.3, -0.25) is 9.89 Å². The van der Waals surface area contributed by atoms with Crippen LogP contribution in [0.4, 0.5) is 4.39 Å². The van der Waals surface area contributed by atoms with Crippen molar-refractivity contribution >= 4 is 16.8 Å². The van der Waals surface area contributed by atoms with E-state index >= 15 is 0 Å². The average molecular weight is 237 g/mol. The number of rotatable bonds is 3. The van der Waals surface area contributed by atoms with Crippen LogP contribution in [0.3, 0.4) is 0 Å². The van der Waals surface area contributed by atoms with Crippen molar-refractivity contribution in [3.8, 4) is 0 Å². The van der Waals surface area contributed by atoms with Crippen LogP contribution in [0, 0.1) is 5.82 Å². The molecule has 2 rings (SSSR count). The van der Waals surface area contributed by atoms with E-state index in [0.29, 0.717) is 10.9 Å². The number of aromatic nitrogens is 2. The topological polar surface area (TPSA) is 78.0 Å². The highest BCUT2D eigenvalue weighted by atomic mass is 19.1. The van der Waals surface area contributed by atoms with E-state index in [1.165, 1.54) is 18.2 Å². The number of carbonyl (C=O) groups excluding carboxylic acids is 1. The van der Waals surface area contributed by atoms with Crippen LogP contribution in [0.15, 0.2) is 18.2 Å². The number of halogens is 1. The van der Waals surface area contributed by atoms with E-state index in [0.717, 1.165) is 0 Å². The van der Waals surface area contributed by atoms with Crippen molar-refractivity contribution in [1.29, 1.82) is 0 Å². The molecule has 0 radical (unpaired) electrons. The van der Waals surface area contributed by atoms with Gasteiger partial charge in [-0.1, -0.05) is 0 Å². The highest BCUT2D eigenvalue weighted by Crippen LogP contribution is 2.16. The fraction of sp³-hybridized carbons (Fsp3) is 0.273. The summed E-state index contributed by atoms with van der Waals surface area (Å²) in [6, 6.07) is 4.05. The van der Waals surface area contributed by atoms with Crippen LogP contribution in [0.1, 0.15) is 17.4 Å². The number of benzene rings is 1. The van der Waals surface area contributed by atoms with Crippen LogP contribution in [-0.4, -0.2) is 33.9 Å². The minimum Gasteiger partial charge on any atom is -0.392 e. The van der Waals surface area contributed by atoms with Gasteiger partial charge < -0.3 is 10.4 Å². The highest BCUT2D eigenvalue weighted by molar-refractivity contribution is 6.04. The Morgan fingerprint density at radius 1 is 1.65 bits per heavy atom. The van der Waals surface area contributed by atoms with Gasteiger partial charge in [-0.2, -0.15) is 5.10 Å². The molecule has 1 amide bonds. The number of aliphatic hydroxyl groups excluding tert-OH is 1. The van der Waals surface area contributed by atoms with Crippen LogP contribution in [0.2, 0.25) is 0 Å². The first-order chi connectivity index (χ1) is 8.08. The molecule has 1 aromatic heterocycles. The Balaban J connectivity index is 2.29. The number of carbonyl (C=O) groups is 1. The van der Waals surface area contributed by atoms with Gasteiger partial charge in [0.1, 0.15) is 5.82 Å². The lowest BCUT2D eigenvalue weighted by atomic mass is 10.2. The maximum absolute atomic E-state index is 13.1. The molecular weight excluding hydrogens is 225 g/mol. The van der Waals surface area contributed by atoms with Crippen molar-refractivity contribution in [3.63, 3.8) is 0 Å². The van der Waals surface area contributed by atoms with E-state index in [4.69, 9.17) is 5.11 Å². The lowest BCUT2D eigenvalue weighted by Crippen LogP contribution is -2.30. The first-order valence-electron chi connectivity index (χ1n) is 5.18. The summed E-state index contributed by atoms with van der Waals surface area (Å²) in [6.45, 7) is 1.69. The van der Waals surface area contributed by atoms with E-state index in [1.807, 2.05) is 0 Å². The molecule has 6 heteroatoms. The summed E-state index contributed by atoms with van der Waals surface area (Å²) in [4.78, 5) is 11.7. The van der Waals surface area contributed by atoms with Crippen LogP contribution in [-0.2, 0) is 0 Å². The maximum Gasteiger partial charge on any atom is 0.272 e. The molecule has 3 N–H and O–H groups in total. The Morgan fingerprint density at radius 2 is 2.41 bits per heavy atom. The molecular formula is C11H12FN3O2. The predicted octanol–water partition coefficient (Wildman–Crippen LogP) is 0.813. The van der Waals surface area contributed by atoms with Gasteiger partial charge in [0.25, 0.3) is 5.91 Å². The third kappa shape index (κ3) is 2.42. The average Bonchev–Trinajstić information content (AvgIpc) is 2.68. The second kappa shape index (κ2) is 4.50. The van der Waals surface area contributed by atoms with Gasteiger partial charge in [-0.25, -0.2) is 4.39 Å². The Labute approximate surface area is 96.6 Å². The number of hydrogen-bond acceptors (Lipinski definition) is 3. The molecule has 0 fully saturated rings. The van der Waals surface area contributed by atoms with Gasteiger partial charge in [-0.05, 0) is 25.1 Å². The van der Waals surface area contributed by atoms with Crippen molar-refractivity contribution < 1.29 is 14.3 Å². The van der Waals surface area contributed by atoms with Crippen molar-refractivity contribution in [2.45, 2.75) is 13.0 Å². The molecule has 0 aliphatic rings. The molecule has 1 atom stereocenters. The summed E-state index contributed by atoms with van der Waals surface area (Å²) < 4.78 is 13.1. The first kappa shape index (κ1) is 11.5. The molecule has 1 unspecified atom stereocenters. The van der Waals surface area contributed by atoms with Gasteiger partial charge in [0.05, 0.1) is 11.6 Å². The number of nitrogens with one attached hydrogen (secondary N) is 2. The zero-order valence-electron chi connectivity index (χ0n) is 9.20. The number of H-pyrrole nitrogens is 1. The smallest absolute Gasteiger partial charge is 0.272 e. The van der Waals surface area contributed by atoms with Crippen LogP contribution < -0.4 is 5.32 Å². The zero-order valence-corrected chi connectivity index (χ0v) is 9.20. The van der Waals surface area contributed by atoms with Gasteiger partial charge in [-0.15, -0.1) is 0 Å². The van der Waals surface area contributed by atoms with Gasteiger partial charge in [0, 0.05) is 11.9 Å². The summed E-state index contributed by atoms with van der Waals surface area (Å²) in [6.07, 6.45) is -0.638. The third-order valence-electron chi connectivity index (χ3n) is 2.30. The number of fused-ring (bicyclic) bond motifs is 1. The number of nitrogens with zero attached hydrogens (tertiary/aromatic N) is 1. The number of aliphatic hydroxyl groups is 1. The van der Waals surface area contributed by atoms with E-state index in [-0.39, 0.29) is 12.2 Å². The standard InChI is InChI=1S/C11H12FN3O2/c1-6(16)5-13-11(17)10-8-4-7(12)2-3-9(8)14-15-10/h2-4,6,16H,5H2,1H3,(H,13,17)(H,14,15). The zero-order chi connectivity index (χ0) is 12.4. The van der Waals surface area contributed by atoms with Crippen LogP contribution in [0.25, 0.3) is 10.9 Å². The van der Waals surface area contributed by atoms with E-state index < -0.39 is 17.8 Å². The summed E-state index contributed by atoms with van der Waals surface area (Å²) in [5, 5.41) is 18.5. The molecule has 0 aliphatic carbocycles. The molecule has 0 aliphatic heterocycles. The van der Waals surface area contributed by atoms with Crippen molar-refractivity contribution in [1.82, 2.24) is 15.5 Å². The number of amides is 1. The molecule has 90 valence electrons. The molecule has 0 saturated carbocycles. The fourth-order valence-electron chi connectivity index (χ4n) is 1.48. The summed E-state index contributed by atoms with van der Waals surface area (Å²) in [5.74, 6) is -0.869. The quantitative estimate of drug-likeness (QED) is 0.739. The highest BCUT2D eigenvalue weighted by Gasteiger charge is 2.14. The predicted molar refractivity (Wildman–Crippen MR) is 60.1 cm³/mol. The van der Waals surface area contributed by atoms with E-state index in [9.17, 15) is 9.18 Å². The van der Waals surface area contributed by atoms with Crippen molar-refractivity contribution in [3.05, 3.63) is 29.7 Å². The molecule has 0 saturated heterocycles. The Hall–Kier alpha value is -1.95. The Morgan fingerprint density at radius 3 is 3.12 bits per heavy atom. The lowest BCUT2D eigenvalue weighted by molar-refractivity contribution is 0.0920. The fourth-order valence-corrected chi connectivity index (χ4v) is 1.48. The minimum atomic E-state index is -0.638. The van der Waals surface area contributed by atoms with Crippen molar-refractivity contribution in [2.24, 2.45) is 0 Å². The number of hydrogen-bond donors (Lipinski definition) is 3. The first-order valence-corrected chi connectivity index (χ1v) is 5.18. The third-order valence-corrected chi connectivity index (χ3v) is 2.30. The summed E-state index contributed by atoms with van der Waals surface area (Å²) in [7, 11) is 0. The Bertz CT molecular complexity index is 551. The van der Waals surface area contributed by atoms with Gasteiger partial charge in [0.2, 0.25) is 0 Å². The monoisotopic (exact) mass is 237 g/mol. The maximum atomic E-state index is 13.1. The molecule has 0 bridgehead atoms. The molecule has 1 aromatic carbocycles. The lowest BCUT2D eigenvalue weighted by Gasteiger charge is -2.05. The minimum absolute atomic E-state index is 0.125. The second-order valence-corrected chi connectivity index (χ2v) is 3.82. The second-order valence-electron chi connectivity index (χ2n) is 3.82. The Kier molecular flexibility index (Phi) is 3.06. The molecule has 5 nitrogen and oxygen atoms in total. The van der Waals surface area contributed by atoms with Crippen LogP contribution >= 0.6 is 0 Å². The molecule has 1 heterocycles. The van der Waals surface area contributed by atoms with E-state index in [2.05, 4.69) is 15.5 Å². The molecule has 17 heavy (non-hydrogen) atoms. The number of aromatic amines is 1. The largest absolute Gasteiger partial charge is 0.392 e. The molecule has 0 spiro atoms. The van der Waals surface area contributed by atoms with Crippen LogP contribution in [0.5, 0.6) is 0 Å². The van der Waals surface area contributed by atoms with Gasteiger partial charge in [0.15, 0.2) is 5.69 Å². The summed E-state index contributed by atoms with van der Waals surface area (Å²) in [5.41, 5.74) is 0.716.